The summed E-state index contributed by atoms with van der Waals surface area (Å²) in [7, 11) is 1.60. The third-order valence-electron chi connectivity index (χ3n) is 3.68. The summed E-state index contributed by atoms with van der Waals surface area (Å²) in [6.07, 6.45) is 0. The van der Waals surface area contributed by atoms with Gasteiger partial charge in [-0.15, -0.1) is 0 Å². The zero-order chi connectivity index (χ0) is 16.1. The molecular formula is C18H20ClNO2. The van der Waals surface area contributed by atoms with Crippen LogP contribution in [0.2, 0.25) is 5.02 Å². The van der Waals surface area contributed by atoms with Crippen molar-refractivity contribution < 1.29 is 9.53 Å². The molecule has 0 amide bonds. The molecule has 0 heterocycles. The first-order valence-electron chi connectivity index (χ1n) is 7.34. The first kappa shape index (κ1) is 16.4. The maximum atomic E-state index is 12.5. The van der Waals surface area contributed by atoms with Crippen molar-refractivity contribution in [3.8, 4) is 5.75 Å². The molecule has 2 aromatic rings. The summed E-state index contributed by atoms with van der Waals surface area (Å²) in [5.74, 6) is 0.637. The Morgan fingerprint density at radius 3 is 2.23 bits per heavy atom. The van der Waals surface area contributed by atoms with E-state index < -0.39 is 0 Å². The monoisotopic (exact) mass is 317 g/mol. The fourth-order valence-corrected chi connectivity index (χ4v) is 2.63. The SMILES string of the molecule is CCN(CC)c1ccc(C(=O)c2ccc(OC)cc2)c(Cl)c1. The largest absolute Gasteiger partial charge is 0.497 e. The van der Waals surface area contributed by atoms with Gasteiger partial charge in [-0.1, -0.05) is 11.6 Å². The van der Waals surface area contributed by atoms with Gasteiger partial charge in [0.15, 0.2) is 5.78 Å². The lowest BCUT2D eigenvalue weighted by Gasteiger charge is -2.21. The van der Waals surface area contributed by atoms with Crippen LogP contribution in [0.1, 0.15) is 29.8 Å². The summed E-state index contributed by atoms with van der Waals surface area (Å²) in [6.45, 7) is 5.98. The number of hydrogen-bond donors (Lipinski definition) is 0. The molecule has 0 aliphatic rings. The molecule has 0 saturated heterocycles. The van der Waals surface area contributed by atoms with Crippen LogP contribution in [0.4, 0.5) is 5.69 Å². The Hall–Kier alpha value is -2.00. The van der Waals surface area contributed by atoms with Gasteiger partial charge >= 0.3 is 0 Å². The highest BCUT2D eigenvalue weighted by atomic mass is 35.5. The van der Waals surface area contributed by atoms with Crippen LogP contribution in [0.3, 0.4) is 0 Å². The molecule has 0 aromatic heterocycles. The van der Waals surface area contributed by atoms with Crippen molar-refractivity contribution in [3.05, 3.63) is 58.6 Å². The standard InChI is InChI=1S/C18H20ClNO2/c1-4-20(5-2)14-8-11-16(17(19)12-14)18(21)13-6-9-15(22-3)10-7-13/h6-12H,4-5H2,1-3H3. The van der Waals surface area contributed by atoms with Crippen molar-refractivity contribution in [1.82, 2.24) is 0 Å². The lowest BCUT2D eigenvalue weighted by Crippen LogP contribution is -2.21. The Bertz CT molecular complexity index is 649. The van der Waals surface area contributed by atoms with E-state index in [1.807, 2.05) is 12.1 Å². The number of ketones is 1. The Balaban J connectivity index is 2.29. The smallest absolute Gasteiger partial charge is 0.194 e. The van der Waals surface area contributed by atoms with E-state index in [0.29, 0.717) is 16.1 Å². The molecule has 2 aromatic carbocycles. The van der Waals surface area contributed by atoms with Crippen molar-refractivity contribution in [2.45, 2.75) is 13.8 Å². The molecule has 0 atom stereocenters. The number of benzene rings is 2. The third-order valence-corrected chi connectivity index (χ3v) is 3.99. The van der Waals surface area contributed by atoms with Crippen LogP contribution in [0, 0.1) is 0 Å². The molecule has 22 heavy (non-hydrogen) atoms. The minimum atomic E-state index is -0.0845. The number of halogens is 1. The molecule has 0 bridgehead atoms. The molecule has 3 nitrogen and oxygen atoms in total. The molecule has 116 valence electrons. The van der Waals surface area contributed by atoms with Gasteiger partial charge in [0, 0.05) is 29.9 Å². The number of rotatable bonds is 6. The average molecular weight is 318 g/mol. The normalized spacial score (nSPS) is 10.4. The van der Waals surface area contributed by atoms with Crippen molar-refractivity contribution in [2.24, 2.45) is 0 Å². The molecule has 0 radical (unpaired) electrons. The minimum absolute atomic E-state index is 0.0845. The Morgan fingerprint density at radius 2 is 1.73 bits per heavy atom. The van der Waals surface area contributed by atoms with Crippen LogP contribution in [0.15, 0.2) is 42.5 Å². The lowest BCUT2D eigenvalue weighted by molar-refractivity contribution is 0.103. The van der Waals surface area contributed by atoms with Gasteiger partial charge in [-0.25, -0.2) is 0 Å². The molecule has 0 saturated carbocycles. The summed E-state index contributed by atoms with van der Waals surface area (Å²) in [5.41, 5.74) is 2.14. The second kappa shape index (κ2) is 7.32. The topological polar surface area (TPSA) is 29.5 Å². The number of methoxy groups -OCH3 is 1. The number of carbonyl (C=O) groups excluding carboxylic acids is 1. The van der Waals surface area contributed by atoms with E-state index in [4.69, 9.17) is 16.3 Å². The van der Waals surface area contributed by atoms with E-state index >= 15 is 0 Å². The van der Waals surface area contributed by atoms with Crippen LogP contribution in [-0.4, -0.2) is 26.0 Å². The van der Waals surface area contributed by atoms with Gasteiger partial charge in [-0.3, -0.25) is 4.79 Å². The van der Waals surface area contributed by atoms with Gasteiger partial charge < -0.3 is 9.64 Å². The van der Waals surface area contributed by atoms with E-state index in [0.717, 1.165) is 24.5 Å². The molecule has 0 fully saturated rings. The van der Waals surface area contributed by atoms with Crippen molar-refractivity contribution in [3.63, 3.8) is 0 Å². The van der Waals surface area contributed by atoms with Crippen LogP contribution >= 0.6 is 11.6 Å². The van der Waals surface area contributed by atoms with E-state index in [9.17, 15) is 4.79 Å². The highest BCUT2D eigenvalue weighted by molar-refractivity contribution is 6.35. The summed E-state index contributed by atoms with van der Waals surface area (Å²) in [4.78, 5) is 14.7. The van der Waals surface area contributed by atoms with Crippen LogP contribution in [0.25, 0.3) is 0 Å². The molecule has 0 aliphatic heterocycles. The predicted octanol–water partition coefficient (Wildman–Crippen LogP) is 4.43. The van der Waals surface area contributed by atoms with Crippen LogP contribution in [0.5, 0.6) is 5.75 Å². The summed E-state index contributed by atoms with van der Waals surface area (Å²) in [5, 5.41) is 0.477. The van der Waals surface area contributed by atoms with E-state index in [2.05, 4.69) is 18.7 Å². The zero-order valence-corrected chi connectivity index (χ0v) is 13.9. The molecule has 0 unspecified atom stereocenters. The average Bonchev–Trinajstić information content (AvgIpc) is 2.55. The van der Waals surface area contributed by atoms with E-state index in [1.54, 1.807) is 37.4 Å². The Kier molecular flexibility index (Phi) is 5.45. The van der Waals surface area contributed by atoms with Gasteiger partial charge in [-0.05, 0) is 56.3 Å². The number of carbonyl (C=O) groups is 1. The Morgan fingerprint density at radius 1 is 1.09 bits per heavy atom. The highest BCUT2D eigenvalue weighted by Crippen LogP contribution is 2.26. The van der Waals surface area contributed by atoms with Gasteiger partial charge in [0.25, 0.3) is 0 Å². The van der Waals surface area contributed by atoms with Crippen LogP contribution in [-0.2, 0) is 0 Å². The second-order valence-electron chi connectivity index (χ2n) is 4.89. The van der Waals surface area contributed by atoms with Gasteiger partial charge in [0.1, 0.15) is 5.75 Å². The van der Waals surface area contributed by atoms with E-state index in [-0.39, 0.29) is 5.78 Å². The quantitative estimate of drug-likeness (QED) is 0.738. The van der Waals surface area contributed by atoms with Gasteiger partial charge in [0.2, 0.25) is 0 Å². The first-order chi connectivity index (χ1) is 10.6. The van der Waals surface area contributed by atoms with Crippen molar-refractivity contribution in [2.75, 3.05) is 25.1 Å². The fourth-order valence-electron chi connectivity index (χ4n) is 2.37. The predicted molar refractivity (Wildman–Crippen MR) is 91.4 cm³/mol. The fraction of sp³-hybridized carbons (Fsp3) is 0.278. The summed E-state index contributed by atoms with van der Waals surface area (Å²) in [6, 6.07) is 12.6. The molecule has 0 spiro atoms. The second-order valence-corrected chi connectivity index (χ2v) is 5.30. The maximum Gasteiger partial charge on any atom is 0.194 e. The maximum absolute atomic E-state index is 12.5. The lowest BCUT2D eigenvalue weighted by atomic mass is 10.0. The number of hydrogen-bond acceptors (Lipinski definition) is 3. The number of anilines is 1. The Labute approximate surface area is 136 Å². The van der Waals surface area contributed by atoms with E-state index in [1.165, 1.54) is 0 Å². The van der Waals surface area contributed by atoms with Gasteiger partial charge in [-0.2, -0.15) is 0 Å². The first-order valence-corrected chi connectivity index (χ1v) is 7.71. The zero-order valence-electron chi connectivity index (χ0n) is 13.1. The molecule has 0 N–H and O–H groups in total. The summed E-state index contributed by atoms with van der Waals surface area (Å²) < 4.78 is 5.10. The molecule has 0 aliphatic carbocycles. The van der Waals surface area contributed by atoms with Gasteiger partial charge in [0.05, 0.1) is 12.1 Å². The van der Waals surface area contributed by atoms with Crippen LogP contribution < -0.4 is 9.64 Å². The highest BCUT2D eigenvalue weighted by Gasteiger charge is 2.14. The molecule has 4 heteroatoms. The molecular weight excluding hydrogens is 298 g/mol. The van der Waals surface area contributed by atoms with Crippen molar-refractivity contribution in [1.29, 1.82) is 0 Å². The number of ether oxygens (including phenoxy) is 1. The minimum Gasteiger partial charge on any atom is -0.497 e. The van der Waals surface area contributed by atoms with Crippen molar-refractivity contribution >= 4 is 23.1 Å². The molecule has 2 rings (SSSR count). The number of nitrogens with zero attached hydrogens (tertiary/aromatic N) is 1. The third kappa shape index (κ3) is 3.42. The summed E-state index contributed by atoms with van der Waals surface area (Å²) >= 11 is 6.32.